The van der Waals surface area contributed by atoms with Crippen molar-refractivity contribution in [3.05, 3.63) is 65.2 Å². The van der Waals surface area contributed by atoms with E-state index in [1.165, 1.54) is 23.1 Å². The Kier molecular flexibility index (Phi) is 7.63. The number of carbonyl (C=O) groups is 3. The van der Waals surface area contributed by atoms with Gasteiger partial charge in [-0.1, -0.05) is 61.9 Å². The summed E-state index contributed by atoms with van der Waals surface area (Å²) >= 11 is 0. The van der Waals surface area contributed by atoms with Gasteiger partial charge in [-0.05, 0) is 42.9 Å². The predicted octanol–water partition coefficient (Wildman–Crippen LogP) is 3.61. The third-order valence-corrected chi connectivity index (χ3v) is 7.16. The van der Waals surface area contributed by atoms with Gasteiger partial charge in [-0.25, -0.2) is 9.69 Å². The van der Waals surface area contributed by atoms with Crippen LogP contribution in [-0.4, -0.2) is 59.9 Å². The molecule has 196 valence electrons. The van der Waals surface area contributed by atoms with E-state index in [4.69, 9.17) is 9.94 Å². The fourth-order valence-corrected chi connectivity index (χ4v) is 5.23. The number of oxime groups is 1. The van der Waals surface area contributed by atoms with E-state index in [1.807, 2.05) is 63.2 Å². The number of benzene rings is 2. The lowest BCUT2D eigenvalue weighted by molar-refractivity contribution is -0.131. The van der Waals surface area contributed by atoms with Gasteiger partial charge in [0.25, 0.3) is 5.91 Å². The van der Waals surface area contributed by atoms with Gasteiger partial charge in [-0.15, -0.1) is 5.16 Å². The van der Waals surface area contributed by atoms with Gasteiger partial charge in [0.15, 0.2) is 0 Å². The van der Waals surface area contributed by atoms with Crippen molar-refractivity contribution in [2.45, 2.75) is 57.7 Å². The smallest absolute Gasteiger partial charge is 0.410 e. The Balaban J connectivity index is 1.63. The van der Waals surface area contributed by atoms with Crippen molar-refractivity contribution in [3.8, 4) is 0 Å². The van der Waals surface area contributed by atoms with Crippen molar-refractivity contribution in [2.75, 3.05) is 18.5 Å². The number of ether oxygens (including phenoxy) is 1. The molecule has 2 aromatic rings. The lowest BCUT2D eigenvalue weighted by Gasteiger charge is -2.31. The Labute approximate surface area is 217 Å². The van der Waals surface area contributed by atoms with Gasteiger partial charge in [-0.2, -0.15) is 0 Å². The van der Waals surface area contributed by atoms with E-state index >= 15 is 0 Å². The van der Waals surface area contributed by atoms with Crippen LogP contribution in [-0.2, 0) is 26.3 Å². The monoisotopic (exact) mass is 506 g/mol. The molecule has 4 rings (SSSR count). The van der Waals surface area contributed by atoms with Crippen molar-refractivity contribution >= 4 is 29.8 Å². The number of amides is 3. The average molecular weight is 507 g/mol. The van der Waals surface area contributed by atoms with Crippen LogP contribution in [0.2, 0.25) is 0 Å². The van der Waals surface area contributed by atoms with E-state index in [0.717, 1.165) is 16.7 Å². The number of nitrogens with zero attached hydrogens (tertiary/aromatic N) is 3. The summed E-state index contributed by atoms with van der Waals surface area (Å²) in [6.45, 7) is 6.27. The Morgan fingerprint density at radius 1 is 1.27 bits per heavy atom. The maximum Gasteiger partial charge on any atom is 0.410 e. The number of anilines is 1. The minimum Gasteiger partial charge on any atom is -0.445 e. The van der Waals surface area contributed by atoms with Crippen LogP contribution in [0.5, 0.6) is 0 Å². The summed E-state index contributed by atoms with van der Waals surface area (Å²) in [6, 6.07) is 13.7. The van der Waals surface area contributed by atoms with E-state index in [9.17, 15) is 14.4 Å². The molecule has 2 aliphatic rings. The number of likely N-dealkylation sites (N-methyl/N-ethyl adjacent to an activating group) is 1. The minimum absolute atomic E-state index is 0.0833. The third kappa shape index (κ3) is 5.09. The number of carbonyl (C=O) groups excluding carboxylic acids is 3. The SMILES string of the molecule is Cc1ccc2c(c1)[C@]1(CN[C@H](C=NO)C1)C(=O)N2C(=O)[C@H](CC(C)C)N(C)C(=O)OCc1ccccc1. The molecule has 37 heavy (non-hydrogen) atoms. The van der Waals surface area contributed by atoms with E-state index in [2.05, 4.69) is 10.5 Å². The van der Waals surface area contributed by atoms with E-state index in [-0.39, 0.29) is 24.5 Å². The summed E-state index contributed by atoms with van der Waals surface area (Å²) in [4.78, 5) is 43.6. The molecule has 9 heteroatoms. The number of rotatable bonds is 7. The molecule has 0 aliphatic carbocycles. The number of hydrogen-bond acceptors (Lipinski definition) is 7. The first-order chi connectivity index (χ1) is 17.7. The molecule has 2 N–H and O–H groups in total. The molecule has 1 fully saturated rings. The highest BCUT2D eigenvalue weighted by Crippen LogP contribution is 2.47. The highest BCUT2D eigenvalue weighted by Gasteiger charge is 2.57. The minimum atomic E-state index is -0.961. The van der Waals surface area contributed by atoms with Crippen molar-refractivity contribution in [2.24, 2.45) is 11.1 Å². The van der Waals surface area contributed by atoms with Crippen LogP contribution >= 0.6 is 0 Å². The van der Waals surface area contributed by atoms with Crippen LogP contribution in [0.3, 0.4) is 0 Å². The Morgan fingerprint density at radius 2 is 2.00 bits per heavy atom. The number of hydrogen-bond donors (Lipinski definition) is 2. The summed E-state index contributed by atoms with van der Waals surface area (Å²) in [6.07, 6.45) is 1.46. The molecule has 2 aromatic carbocycles. The molecule has 1 saturated heterocycles. The fourth-order valence-electron chi connectivity index (χ4n) is 5.23. The number of aryl methyl sites for hydroxylation is 1. The molecule has 3 amide bonds. The van der Waals surface area contributed by atoms with E-state index in [0.29, 0.717) is 25.1 Å². The highest BCUT2D eigenvalue weighted by molar-refractivity contribution is 6.24. The summed E-state index contributed by atoms with van der Waals surface area (Å²) in [5.74, 6) is -0.709. The molecule has 0 radical (unpaired) electrons. The lowest BCUT2D eigenvalue weighted by atomic mass is 9.79. The standard InChI is InChI=1S/C28H34N4O5/c1-18(2)12-24(31(4)27(35)37-16-20-8-6-5-7-9-20)25(33)32-23-11-10-19(3)13-22(23)28(26(32)34)14-21(15-30-36)29-17-28/h5-11,13,15,18,21,24,29,36H,12,14,16-17H2,1-4H3/t21-,24-,28-/m0/s1. The van der Waals surface area contributed by atoms with Crippen LogP contribution in [0.4, 0.5) is 10.5 Å². The first-order valence-corrected chi connectivity index (χ1v) is 12.5. The second-order valence-corrected chi connectivity index (χ2v) is 10.3. The maximum absolute atomic E-state index is 14.1. The molecular weight excluding hydrogens is 472 g/mol. The summed E-state index contributed by atoms with van der Waals surface area (Å²) < 4.78 is 5.49. The normalized spacial score (nSPS) is 21.6. The zero-order valence-corrected chi connectivity index (χ0v) is 21.7. The summed E-state index contributed by atoms with van der Waals surface area (Å²) in [5, 5.41) is 15.4. The molecule has 9 nitrogen and oxygen atoms in total. The quantitative estimate of drug-likeness (QED) is 0.337. The third-order valence-electron chi connectivity index (χ3n) is 7.16. The molecule has 0 unspecified atom stereocenters. The van der Waals surface area contributed by atoms with E-state index < -0.39 is 23.5 Å². The van der Waals surface area contributed by atoms with Crippen molar-refractivity contribution in [1.82, 2.24) is 10.2 Å². The molecule has 3 atom stereocenters. The number of nitrogens with one attached hydrogen (secondary N) is 1. The van der Waals surface area contributed by atoms with Crippen molar-refractivity contribution in [1.29, 1.82) is 0 Å². The zero-order valence-electron chi connectivity index (χ0n) is 21.7. The Bertz CT molecular complexity index is 1200. The lowest BCUT2D eigenvalue weighted by Crippen LogP contribution is -2.53. The largest absolute Gasteiger partial charge is 0.445 e. The maximum atomic E-state index is 14.1. The summed E-state index contributed by atoms with van der Waals surface area (Å²) in [5.41, 5.74) is 2.15. The zero-order chi connectivity index (χ0) is 26.7. The fraction of sp³-hybridized carbons (Fsp3) is 0.429. The topological polar surface area (TPSA) is 112 Å². The number of fused-ring (bicyclic) bond motifs is 2. The van der Waals surface area contributed by atoms with Gasteiger partial charge in [-0.3, -0.25) is 14.5 Å². The van der Waals surface area contributed by atoms with Crippen LogP contribution < -0.4 is 10.2 Å². The Hall–Kier alpha value is -3.72. The molecule has 0 aromatic heterocycles. The van der Waals surface area contributed by atoms with E-state index in [1.54, 1.807) is 6.07 Å². The summed E-state index contributed by atoms with van der Waals surface area (Å²) in [7, 11) is 1.54. The van der Waals surface area contributed by atoms with Crippen LogP contribution in [0.15, 0.2) is 53.7 Å². The number of imide groups is 1. The van der Waals surface area contributed by atoms with Gasteiger partial charge in [0.05, 0.1) is 17.3 Å². The first kappa shape index (κ1) is 26.3. The average Bonchev–Trinajstić information content (AvgIpc) is 3.40. The van der Waals surface area contributed by atoms with Gasteiger partial charge < -0.3 is 15.3 Å². The predicted molar refractivity (Wildman–Crippen MR) is 140 cm³/mol. The van der Waals surface area contributed by atoms with Crippen LogP contribution in [0, 0.1) is 12.8 Å². The highest BCUT2D eigenvalue weighted by atomic mass is 16.6. The van der Waals surface area contributed by atoms with Gasteiger partial charge in [0.1, 0.15) is 12.6 Å². The van der Waals surface area contributed by atoms with Gasteiger partial charge in [0, 0.05) is 19.6 Å². The van der Waals surface area contributed by atoms with Gasteiger partial charge >= 0.3 is 6.09 Å². The van der Waals surface area contributed by atoms with Crippen LogP contribution in [0.1, 0.15) is 43.4 Å². The molecule has 0 saturated carbocycles. The van der Waals surface area contributed by atoms with Crippen molar-refractivity contribution < 1.29 is 24.3 Å². The van der Waals surface area contributed by atoms with Crippen molar-refractivity contribution in [3.63, 3.8) is 0 Å². The molecular formula is C28H34N4O5. The molecule has 2 heterocycles. The molecule has 1 spiro atoms. The second kappa shape index (κ2) is 10.7. The second-order valence-electron chi connectivity index (χ2n) is 10.3. The molecule has 2 aliphatic heterocycles. The Morgan fingerprint density at radius 3 is 2.68 bits per heavy atom. The molecule has 0 bridgehead atoms. The van der Waals surface area contributed by atoms with Gasteiger partial charge in [0.2, 0.25) is 5.91 Å². The van der Waals surface area contributed by atoms with Crippen LogP contribution in [0.25, 0.3) is 0 Å². The first-order valence-electron chi connectivity index (χ1n) is 12.5.